The summed E-state index contributed by atoms with van der Waals surface area (Å²) in [6, 6.07) is 15.3. The third-order valence-corrected chi connectivity index (χ3v) is 6.48. The van der Waals surface area contributed by atoms with Gasteiger partial charge in [0.05, 0.1) is 0 Å². The second-order valence-electron chi connectivity index (χ2n) is 8.72. The van der Waals surface area contributed by atoms with Crippen LogP contribution in [0.25, 0.3) is 11.1 Å². The third kappa shape index (κ3) is 6.86. The van der Waals surface area contributed by atoms with Gasteiger partial charge in [0.25, 0.3) is 0 Å². The van der Waals surface area contributed by atoms with E-state index in [1.54, 1.807) is 0 Å². The molecule has 2 unspecified atom stereocenters. The zero-order valence-electron chi connectivity index (χ0n) is 20.0. The molecule has 0 saturated carbocycles. The Hall–Kier alpha value is -3.79. The van der Waals surface area contributed by atoms with Crippen LogP contribution < -0.4 is 10.6 Å². The quantitative estimate of drug-likeness (QED) is 0.396. The number of terminal acetylenes is 1. The first-order chi connectivity index (χ1) is 16.9. The Morgan fingerprint density at radius 3 is 2.26 bits per heavy atom. The average Bonchev–Trinajstić information content (AvgIpc) is 3.18. The number of benzene rings is 2. The molecule has 7 nitrogen and oxygen atoms in total. The van der Waals surface area contributed by atoms with Crippen LogP contribution in [0.5, 0.6) is 0 Å². The summed E-state index contributed by atoms with van der Waals surface area (Å²) in [4.78, 5) is 35.5. The maximum Gasteiger partial charge on any atom is 0.407 e. The van der Waals surface area contributed by atoms with E-state index in [1.807, 2.05) is 31.2 Å². The van der Waals surface area contributed by atoms with E-state index in [2.05, 4.69) is 40.8 Å². The SMILES string of the molecule is C#CCC(NC(=O)CCC(CC)CCNC(=O)OCC1c2ccccc2-c2ccccc21)C(=O)O. The molecule has 0 heterocycles. The molecular weight excluding hydrogens is 444 g/mol. The number of alkyl carbamates (subject to hydrolysis) is 1. The lowest BCUT2D eigenvalue weighted by atomic mass is 9.96. The molecule has 1 aliphatic carbocycles. The minimum absolute atomic E-state index is 0.0131. The summed E-state index contributed by atoms with van der Waals surface area (Å²) >= 11 is 0. The summed E-state index contributed by atoms with van der Waals surface area (Å²) in [7, 11) is 0. The number of ether oxygens (including phenoxy) is 1. The van der Waals surface area contributed by atoms with Crippen molar-refractivity contribution < 1.29 is 24.2 Å². The minimum Gasteiger partial charge on any atom is -0.480 e. The predicted octanol–water partition coefficient (Wildman–Crippen LogP) is 4.31. The van der Waals surface area contributed by atoms with Crippen LogP contribution in [-0.4, -0.2) is 42.3 Å². The molecule has 0 radical (unpaired) electrons. The normalized spacial score (nSPS) is 13.6. The number of nitrogens with one attached hydrogen (secondary N) is 2. The van der Waals surface area contributed by atoms with E-state index in [-0.39, 0.29) is 37.2 Å². The van der Waals surface area contributed by atoms with Gasteiger partial charge < -0.3 is 20.5 Å². The molecule has 2 aromatic rings. The molecule has 1 aliphatic rings. The molecule has 0 aliphatic heterocycles. The first kappa shape index (κ1) is 25.8. The molecule has 35 heavy (non-hydrogen) atoms. The van der Waals surface area contributed by atoms with Crippen LogP contribution >= 0.6 is 0 Å². The fourth-order valence-corrected chi connectivity index (χ4v) is 4.50. The maximum atomic E-state index is 12.3. The van der Waals surface area contributed by atoms with E-state index in [1.165, 1.54) is 22.3 Å². The van der Waals surface area contributed by atoms with Crippen molar-refractivity contribution in [1.82, 2.24) is 10.6 Å². The van der Waals surface area contributed by atoms with E-state index in [4.69, 9.17) is 16.3 Å². The Kier molecular flexibility index (Phi) is 9.31. The fraction of sp³-hybridized carbons (Fsp3) is 0.393. The molecule has 0 aromatic heterocycles. The first-order valence-electron chi connectivity index (χ1n) is 12.0. The molecule has 2 aromatic carbocycles. The van der Waals surface area contributed by atoms with Crippen molar-refractivity contribution in [3.8, 4) is 23.5 Å². The third-order valence-electron chi connectivity index (χ3n) is 6.48. The van der Waals surface area contributed by atoms with Crippen LogP contribution in [0.3, 0.4) is 0 Å². The molecule has 3 rings (SSSR count). The topological polar surface area (TPSA) is 105 Å². The summed E-state index contributed by atoms with van der Waals surface area (Å²) in [6.45, 7) is 2.72. The highest BCUT2D eigenvalue weighted by Crippen LogP contribution is 2.44. The van der Waals surface area contributed by atoms with Gasteiger partial charge in [0.2, 0.25) is 5.91 Å². The van der Waals surface area contributed by atoms with Gasteiger partial charge in [-0.2, -0.15) is 0 Å². The van der Waals surface area contributed by atoms with Gasteiger partial charge in [0.1, 0.15) is 12.6 Å². The Morgan fingerprint density at radius 2 is 1.69 bits per heavy atom. The molecule has 184 valence electrons. The lowest BCUT2D eigenvalue weighted by Gasteiger charge is -2.17. The predicted molar refractivity (Wildman–Crippen MR) is 134 cm³/mol. The molecule has 7 heteroatoms. The van der Waals surface area contributed by atoms with E-state index < -0.39 is 18.1 Å². The molecular formula is C28H32N2O5. The summed E-state index contributed by atoms with van der Waals surface area (Å²) < 4.78 is 5.56. The largest absolute Gasteiger partial charge is 0.480 e. The van der Waals surface area contributed by atoms with Gasteiger partial charge in [-0.3, -0.25) is 4.79 Å². The van der Waals surface area contributed by atoms with E-state index in [0.717, 1.165) is 6.42 Å². The first-order valence-corrected chi connectivity index (χ1v) is 12.0. The number of rotatable bonds is 12. The highest BCUT2D eigenvalue weighted by molar-refractivity contribution is 5.83. The van der Waals surface area contributed by atoms with Gasteiger partial charge in [-0.05, 0) is 41.0 Å². The van der Waals surface area contributed by atoms with Crippen molar-refractivity contribution in [2.75, 3.05) is 13.2 Å². The van der Waals surface area contributed by atoms with Crippen molar-refractivity contribution in [3.63, 3.8) is 0 Å². The van der Waals surface area contributed by atoms with Crippen molar-refractivity contribution in [2.45, 2.75) is 51.0 Å². The average molecular weight is 477 g/mol. The van der Waals surface area contributed by atoms with E-state index >= 15 is 0 Å². The highest BCUT2D eigenvalue weighted by atomic mass is 16.5. The van der Waals surface area contributed by atoms with Gasteiger partial charge >= 0.3 is 12.1 Å². The summed E-state index contributed by atoms with van der Waals surface area (Å²) in [5, 5.41) is 14.4. The second-order valence-corrected chi connectivity index (χ2v) is 8.72. The van der Waals surface area contributed by atoms with Gasteiger partial charge in [-0.1, -0.05) is 61.9 Å². The number of hydrogen-bond donors (Lipinski definition) is 3. The van der Waals surface area contributed by atoms with Crippen LogP contribution in [0.1, 0.15) is 56.1 Å². The van der Waals surface area contributed by atoms with E-state index in [9.17, 15) is 14.4 Å². The van der Waals surface area contributed by atoms with Crippen LogP contribution in [0.2, 0.25) is 0 Å². The van der Waals surface area contributed by atoms with Crippen LogP contribution in [0, 0.1) is 18.3 Å². The smallest absolute Gasteiger partial charge is 0.407 e. The highest BCUT2D eigenvalue weighted by Gasteiger charge is 2.29. The van der Waals surface area contributed by atoms with Crippen LogP contribution in [-0.2, 0) is 14.3 Å². The monoisotopic (exact) mass is 476 g/mol. The minimum atomic E-state index is -1.14. The number of fused-ring (bicyclic) bond motifs is 3. The second kappa shape index (κ2) is 12.6. The molecule has 3 N–H and O–H groups in total. The maximum absolute atomic E-state index is 12.3. The van der Waals surface area contributed by atoms with Crippen molar-refractivity contribution in [2.24, 2.45) is 5.92 Å². The number of carboxylic acids is 1. The molecule has 2 amide bonds. The van der Waals surface area contributed by atoms with Crippen molar-refractivity contribution >= 4 is 18.0 Å². The number of aliphatic carboxylic acids is 1. The summed E-state index contributed by atoms with van der Waals surface area (Å²) in [5.74, 6) is 1.01. The Bertz CT molecular complexity index is 1050. The van der Waals surface area contributed by atoms with E-state index in [0.29, 0.717) is 19.4 Å². The Morgan fingerprint density at radius 1 is 1.06 bits per heavy atom. The number of carboxylic acid groups (broad SMARTS) is 1. The number of amides is 2. The molecule has 0 spiro atoms. The number of hydrogen-bond acceptors (Lipinski definition) is 4. The fourth-order valence-electron chi connectivity index (χ4n) is 4.50. The lowest BCUT2D eigenvalue weighted by Crippen LogP contribution is -2.40. The zero-order chi connectivity index (χ0) is 25.2. The van der Waals surface area contributed by atoms with Crippen molar-refractivity contribution in [3.05, 3.63) is 59.7 Å². The van der Waals surface area contributed by atoms with Crippen LogP contribution in [0.15, 0.2) is 48.5 Å². The number of carbonyl (C=O) groups is 3. The standard InChI is InChI=1S/C28H32N2O5/c1-3-9-25(27(32)33)30-26(31)15-14-19(4-2)16-17-29-28(34)35-18-24-22-12-7-5-10-20(22)21-11-6-8-13-23(21)24/h1,5-8,10-13,19,24-25H,4,9,14-18H2,2H3,(H,29,34)(H,30,31)(H,32,33). The Balaban J connectivity index is 1.41. The number of carbonyl (C=O) groups excluding carboxylic acids is 2. The van der Waals surface area contributed by atoms with Crippen LogP contribution in [0.4, 0.5) is 4.79 Å². The molecule has 2 atom stereocenters. The summed E-state index contributed by atoms with van der Waals surface area (Å²) in [6.07, 6.45) is 6.98. The Labute approximate surface area is 206 Å². The molecule has 0 fully saturated rings. The summed E-state index contributed by atoms with van der Waals surface area (Å²) in [5.41, 5.74) is 4.69. The zero-order valence-corrected chi connectivity index (χ0v) is 20.0. The lowest BCUT2D eigenvalue weighted by molar-refractivity contribution is -0.141. The van der Waals surface area contributed by atoms with Gasteiger partial charge in [0.15, 0.2) is 0 Å². The van der Waals surface area contributed by atoms with Crippen molar-refractivity contribution in [1.29, 1.82) is 0 Å². The molecule has 0 saturated heterocycles. The van der Waals surface area contributed by atoms with Gasteiger partial charge in [0, 0.05) is 25.3 Å². The molecule has 0 bridgehead atoms. The van der Waals surface area contributed by atoms with Gasteiger partial charge in [-0.15, -0.1) is 12.3 Å². The van der Waals surface area contributed by atoms with Gasteiger partial charge in [-0.25, -0.2) is 9.59 Å².